The predicted molar refractivity (Wildman–Crippen MR) is 301 cm³/mol. The van der Waals surface area contributed by atoms with Crippen molar-refractivity contribution in [3.63, 3.8) is 0 Å². The van der Waals surface area contributed by atoms with Gasteiger partial charge >= 0.3 is 5.97 Å². The number of amides is 1. The molecule has 2 saturated heterocycles. The van der Waals surface area contributed by atoms with Gasteiger partial charge in [-0.05, 0) is 71.8 Å². The predicted octanol–water partition coefficient (Wildman–Crippen LogP) is 5.87. The number of aliphatic hydroxyl groups is 6. The largest absolute Gasteiger partial charge is 0.507 e. The second-order valence-corrected chi connectivity index (χ2v) is 21.4. The van der Waals surface area contributed by atoms with Gasteiger partial charge in [0.25, 0.3) is 5.91 Å². The van der Waals surface area contributed by atoms with Crippen LogP contribution in [0, 0.1) is 6.92 Å². The molecular formula is C65H61NO19. The van der Waals surface area contributed by atoms with E-state index >= 15 is 4.79 Å². The number of fused-ring (bicyclic) bond motifs is 5. The minimum Gasteiger partial charge on any atom is -0.507 e. The van der Waals surface area contributed by atoms with Gasteiger partial charge in [0, 0.05) is 28.3 Å². The highest BCUT2D eigenvalue weighted by Crippen LogP contribution is 2.58. The van der Waals surface area contributed by atoms with Crippen molar-refractivity contribution in [2.75, 3.05) is 13.7 Å². The molecule has 1 amide bonds. The van der Waals surface area contributed by atoms with Gasteiger partial charge < -0.3 is 79.3 Å². The van der Waals surface area contributed by atoms with E-state index in [1.54, 1.807) is 116 Å². The lowest BCUT2D eigenvalue weighted by Crippen LogP contribution is -2.62. The quantitative estimate of drug-likeness (QED) is 0.0542. The van der Waals surface area contributed by atoms with Crippen LogP contribution in [0.2, 0.25) is 0 Å². The van der Waals surface area contributed by atoms with Gasteiger partial charge in [-0.3, -0.25) is 14.4 Å². The standard InChI is InChI=1S/C65H61NO19/c1-30-25-41-47(60(82-57(33-17-9-5-10-18-33)34-19-11-6-12-20-34)44(30)62(77)66-31(2)63(78)83-58(35-21-13-7-14-22-35)36-23-15-8-16-24-36)46-39(28-40-48(54(46)74)51(71)38-26-37(79-4)27-42(67)45(38)50(40)70)52(72)59(41)84-65-56(76)61(49(69)32(3)81-65)85-64-55(75)53(73)43(68)29-80-64/h5-28,31-32,43,49,52-53,55-59,61,64-65,67-69,72-76H,29H2,1-4H3,(H,66,77)/t31-,32-,43-,49+,52+,53+,55-,56-,59+,61+,64+,65+/m1/s1. The molecule has 85 heavy (non-hydrogen) atoms. The first-order chi connectivity index (χ1) is 40.9. The van der Waals surface area contributed by atoms with E-state index in [0.29, 0.717) is 22.3 Å². The number of phenolic OH excluding ortho intramolecular Hbond substituents is 2. The van der Waals surface area contributed by atoms with E-state index in [-0.39, 0.29) is 50.4 Å². The second-order valence-electron chi connectivity index (χ2n) is 21.4. The Bertz CT molecular complexity index is 3580. The van der Waals surface area contributed by atoms with Crippen molar-refractivity contribution in [3.05, 3.63) is 212 Å². The molecular weight excluding hydrogens is 1100 g/mol. The van der Waals surface area contributed by atoms with E-state index in [2.05, 4.69) is 5.32 Å². The van der Waals surface area contributed by atoms with Gasteiger partial charge in [-0.25, -0.2) is 4.79 Å². The van der Waals surface area contributed by atoms with Gasteiger partial charge in [-0.2, -0.15) is 0 Å². The third-order valence-corrected chi connectivity index (χ3v) is 15.9. The Hall–Kier alpha value is -8.38. The summed E-state index contributed by atoms with van der Waals surface area (Å²) in [4.78, 5) is 59.5. The van der Waals surface area contributed by atoms with E-state index in [1.165, 1.54) is 33.1 Å². The van der Waals surface area contributed by atoms with E-state index in [4.69, 9.17) is 33.2 Å². The lowest BCUT2D eigenvalue weighted by molar-refractivity contribution is -0.353. The van der Waals surface area contributed by atoms with Crippen LogP contribution in [0.5, 0.6) is 23.0 Å². The molecule has 9 N–H and O–H groups in total. The van der Waals surface area contributed by atoms with Crippen molar-refractivity contribution < 1.29 is 93.2 Å². The van der Waals surface area contributed by atoms with Crippen LogP contribution in [-0.4, -0.2) is 139 Å². The fourth-order valence-electron chi connectivity index (χ4n) is 11.5. The molecule has 440 valence electrons. The van der Waals surface area contributed by atoms with Gasteiger partial charge in [-0.1, -0.05) is 127 Å². The van der Waals surface area contributed by atoms with Crippen LogP contribution in [0.25, 0.3) is 11.1 Å². The van der Waals surface area contributed by atoms with Gasteiger partial charge in [0.15, 0.2) is 30.3 Å². The number of aryl methyl sites for hydroxylation is 1. The number of methoxy groups -OCH3 is 1. The van der Waals surface area contributed by atoms with Crippen LogP contribution in [0.3, 0.4) is 0 Å². The zero-order valence-electron chi connectivity index (χ0n) is 46.2. The molecule has 2 aliphatic heterocycles. The highest BCUT2D eigenvalue weighted by atomic mass is 16.7. The molecule has 12 atom stereocenters. The minimum absolute atomic E-state index is 0.0166. The number of carbonyl (C=O) groups is 4. The molecule has 2 fully saturated rings. The molecule has 7 aromatic carbocycles. The summed E-state index contributed by atoms with van der Waals surface area (Å²) in [5, 5.41) is 94.9. The van der Waals surface area contributed by atoms with E-state index in [9.17, 15) is 55.2 Å². The van der Waals surface area contributed by atoms with E-state index in [1.807, 2.05) is 12.1 Å². The summed E-state index contributed by atoms with van der Waals surface area (Å²) in [6.45, 7) is 3.93. The van der Waals surface area contributed by atoms with Crippen molar-refractivity contribution >= 4 is 23.4 Å². The molecule has 20 heteroatoms. The van der Waals surface area contributed by atoms with Gasteiger partial charge in [0.2, 0.25) is 0 Å². The zero-order chi connectivity index (χ0) is 60.1. The number of aromatic hydroxyl groups is 2. The van der Waals surface area contributed by atoms with Crippen LogP contribution in [0.1, 0.15) is 119 Å². The van der Waals surface area contributed by atoms with Crippen molar-refractivity contribution in [3.8, 4) is 34.1 Å². The minimum atomic E-state index is -1.98. The third kappa shape index (κ3) is 10.8. The maximum atomic E-state index is 15.5. The molecule has 0 saturated carbocycles. The summed E-state index contributed by atoms with van der Waals surface area (Å²) in [6, 6.07) is 39.5. The molecule has 0 aromatic heterocycles. The Morgan fingerprint density at radius 2 is 1.18 bits per heavy atom. The van der Waals surface area contributed by atoms with Crippen molar-refractivity contribution in [2.45, 2.75) is 107 Å². The Labute approximate surface area is 486 Å². The number of benzene rings is 7. The van der Waals surface area contributed by atoms with E-state index < -0.39 is 144 Å². The summed E-state index contributed by atoms with van der Waals surface area (Å²) in [6.07, 6.45) is -20.8. The number of aliphatic hydroxyl groups excluding tert-OH is 6. The number of nitrogens with one attached hydrogen (secondary N) is 1. The topological polar surface area (TPSA) is 307 Å². The van der Waals surface area contributed by atoms with Crippen LogP contribution < -0.4 is 14.8 Å². The number of carbonyl (C=O) groups excluding carboxylic acids is 4. The van der Waals surface area contributed by atoms with Crippen molar-refractivity contribution in [1.29, 1.82) is 0 Å². The van der Waals surface area contributed by atoms with Crippen LogP contribution in [-0.2, 0) is 28.5 Å². The maximum Gasteiger partial charge on any atom is 0.329 e. The van der Waals surface area contributed by atoms with Crippen molar-refractivity contribution in [2.24, 2.45) is 0 Å². The Balaban J connectivity index is 1.09. The fraction of sp³-hybridized carbons (Fsp3) is 0.292. The highest BCUT2D eigenvalue weighted by Gasteiger charge is 2.52. The number of esters is 1. The summed E-state index contributed by atoms with van der Waals surface area (Å²) < 4.78 is 42.9. The Kier molecular flexibility index (Phi) is 16.4. The number of hydrogen-bond donors (Lipinski definition) is 9. The first kappa shape index (κ1) is 58.4. The number of rotatable bonds is 15. The second kappa shape index (κ2) is 23.9. The van der Waals surface area contributed by atoms with Crippen molar-refractivity contribution in [1.82, 2.24) is 5.32 Å². The number of ketones is 2. The highest BCUT2D eigenvalue weighted by molar-refractivity contribution is 6.31. The Morgan fingerprint density at radius 1 is 0.624 bits per heavy atom. The summed E-state index contributed by atoms with van der Waals surface area (Å²) in [7, 11) is 1.29. The third-order valence-electron chi connectivity index (χ3n) is 15.9. The molecule has 20 nitrogen and oxygen atoms in total. The summed E-state index contributed by atoms with van der Waals surface area (Å²) in [5.74, 6) is -5.29. The van der Waals surface area contributed by atoms with Crippen LogP contribution in [0.15, 0.2) is 146 Å². The normalized spacial score (nSPS) is 24.6. The average Bonchev–Trinajstić information content (AvgIpc) is 2.63. The Morgan fingerprint density at radius 3 is 1.75 bits per heavy atom. The average molecular weight is 1160 g/mol. The zero-order valence-corrected chi connectivity index (χ0v) is 46.2. The first-order valence-electron chi connectivity index (χ1n) is 27.5. The smallest absolute Gasteiger partial charge is 0.329 e. The summed E-state index contributed by atoms with van der Waals surface area (Å²) in [5.41, 5.74) is -0.113. The van der Waals surface area contributed by atoms with E-state index in [0.717, 1.165) is 12.1 Å². The van der Waals surface area contributed by atoms with Gasteiger partial charge in [0.05, 0.1) is 36.5 Å². The van der Waals surface area contributed by atoms with Gasteiger partial charge in [-0.15, -0.1) is 0 Å². The molecule has 11 rings (SSSR count). The molecule has 0 bridgehead atoms. The van der Waals surface area contributed by atoms with Crippen LogP contribution >= 0.6 is 0 Å². The van der Waals surface area contributed by atoms with Crippen LogP contribution in [0.4, 0.5) is 0 Å². The lowest BCUT2D eigenvalue weighted by Gasteiger charge is -2.46. The monoisotopic (exact) mass is 1160 g/mol. The molecule has 0 unspecified atom stereocenters. The number of ether oxygens (including phenoxy) is 7. The SMILES string of the molecule is COc1cc(O)c2c(c1)C(=O)c1c(cc3c(c1O)-c1c(cc(C)c(C(=O)N[C@H](C)C(=O)OC(c4ccccc4)c4ccccc4)c1OC(c1ccccc1)c1ccccc1)[C@H](O[C@@H]1O[C@H](C)[C@H](O)[C@H](O[C@@H]4OC[C@@H](O)[C@H](O)[C@H]4O)[C@H]1O)[C@H]3O)C2=O. The first-order valence-corrected chi connectivity index (χ1v) is 27.5. The lowest BCUT2D eigenvalue weighted by atomic mass is 9.74. The molecule has 2 heterocycles. The molecule has 7 aromatic rings. The fourth-order valence-corrected chi connectivity index (χ4v) is 11.5. The maximum absolute atomic E-state index is 15.5. The molecule has 0 radical (unpaired) electrons. The summed E-state index contributed by atoms with van der Waals surface area (Å²) >= 11 is 0. The molecule has 2 aliphatic carbocycles. The van der Waals surface area contributed by atoms with Gasteiger partial charge in [0.1, 0.15) is 84.0 Å². The molecule has 4 aliphatic rings. The number of hydrogen-bond acceptors (Lipinski definition) is 19. The molecule has 0 spiro atoms. The number of phenols is 2.